The monoisotopic (exact) mass is 302 g/mol. The predicted octanol–water partition coefficient (Wildman–Crippen LogP) is 2.84. The maximum Gasteiger partial charge on any atom is 0.0984 e. The fourth-order valence-corrected chi connectivity index (χ4v) is 3.65. The van der Waals surface area contributed by atoms with Crippen molar-refractivity contribution in [2.75, 3.05) is 26.2 Å². The van der Waals surface area contributed by atoms with E-state index in [2.05, 4.69) is 18.7 Å². The van der Waals surface area contributed by atoms with Gasteiger partial charge in [0.1, 0.15) is 0 Å². The summed E-state index contributed by atoms with van der Waals surface area (Å²) in [6.45, 7) is 7.68. The number of benzene rings is 1. The van der Waals surface area contributed by atoms with Gasteiger partial charge in [0.05, 0.1) is 18.6 Å². The summed E-state index contributed by atoms with van der Waals surface area (Å²) in [6, 6.07) is 4.04. The van der Waals surface area contributed by atoms with Crippen LogP contribution in [-0.2, 0) is 0 Å². The van der Waals surface area contributed by atoms with E-state index in [1.54, 1.807) is 12.5 Å². The summed E-state index contributed by atoms with van der Waals surface area (Å²) >= 11 is 0. The molecule has 2 heterocycles. The molecule has 1 aromatic carbocycles. The van der Waals surface area contributed by atoms with Crippen molar-refractivity contribution in [3.63, 3.8) is 0 Å². The number of rotatable bonds is 4. The van der Waals surface area contributed by atoms with Gasteiger partial charge in [0, 0.05) is 23.9 Å². The van der Waals surface area contributed by atoms with E-state index in [1.807, 2.05) is 12.1 Å². The fraction of sp³-hybridized carbons (Fsp3) is 0.556. The Morgan fingerprint density at radius 3 is 3.00 bits per heavy atom. The molecule has 0 saturated carbocycles. The van der Waals surface area contributed by atoms with Crippen molar-refractivity contribution in [1.29, 1.82) is 0 Å². The number of nitrogens with two attached hydrogens (primary N) is 1. The van der Waals surface area contributed by atoms with Crippen molar-refractivity contribution < 1.29 is 9.52 Å². The first-order valence-corrected chi connectivity index (χ1v) is 8.08. The van der Waals surface area contributed by atoms with Gasteiger partial charge in [-0.1, -0.05) is 19.1 Å². The van der Waals surface area contributed by atoms with Crippen LogP contribution in [0.1, 0.15) is 37.0 Å². The minimum absolute atomic E-state index is 0.182. The van der Waals surface area contributed by atoms with Crippen LogP contribution in [0.3, 0.4) is 0 Å². The maximum atomic E-state index is 10.7. The van der Waals surface area contributed by atoms with E-state index in [1.165, 1.54) is 6.42 Å². The quantitative estimate of drug-likeness (QED) is 0.911. The van der Waals surface area contributed by atoms with Crippen LogP contribution in [0.5, 0.6) is 0 Å². The highest BCUT2D eigenvalue weighted by atomic mass is 16.3. The molecule has 2 atom stereocenters. The standard InChI is InChI=1S/C18H26N2O2/c1-13-15(5-4-14-9-22-10-16(13)14)17(21)8-20-7-3-6-18(2,11-19)12-20/h4-5,9-10,17,21H,3,6-8,11-12,19H2,1-2H3/t17-,18?/m0/s1. The van der Waals surface area contributed by atoms with Gasteiger partial charge in [-0.2, -0.15) is 0 Å². The molecule has 1 saturated heterocycles. The van der Waals surface area contributed by atoms with Gasteiger partial charge in [0.2, 0.25) is 0 Å². The predicted molar refractivity (Wildman–Crippen MR) is 88.7 cm³/mol. The first-order valence-electron chi connectivity index (χ1n) is 8.08. The highest BCUT2D eigenvalue weighted by molar-refractivity contribution is 5.85. The number of hydrogen-bond acceptors (Lipinski definition) is 4. The lowest BCUT2D eigenvalue weighted by Gasteiger charge is -2.40. The molecule has 22 heavy (non-hydrogen) atoms. The molecule has 3 N–H and O–H groups in total. The highest BCUT2D eigenvalue weighted by Gasteiger charge is 2.30. The van der Waals surface area contributed by atoms with Crippen molar-refractivity contribution in [2.24, 2.45) is 11.1 Å². The number of fused-ring (bicyclic) bond motifs is 1. The molecule has 0 amide bonds. The van der Waals surface area contributed by atoms with Crippen molar-refractivity contribution in [3.05, 3.63) is 35.8 Å². The smallest absolute Gasteiger partial charge is 0.0984 e. The lowest BCUT2D eigenvalue weighted by Crippen LogP contribution is -2.46. The van der Waals surface area contributed by atoms with E-state index < -0.39 is 6.10 Å². The molecule has 3 rings (SSSR count). The van der Waals surface area contributed by atoms with Gasteiger partial charge in [0.15, 0.2) is 0 Å². The Labute approximate surface area is 131 Å². The van der Waals surface area contributed by atoms with Gasteiger partial charge in [-0.05, 0) is 49.4 Å². The number of aliphatic hydroxyl groups is 1. The van der Waals surface area contributed by atoms with E-state index in [0.717, 1.165) is 41.4 Å². The van der Waals surface area contributed by atoms with Crippen LogP contribution in [0.4, 0.5) is 0 Å². The number of aliphatic hydroxyl groups excluding tert-OH is 1. The topological polar surface area (TPSA) is 62.6 Å². The molecule has 1 fully saturated rings. The number of likely N-dealkylation sites (tertiary alicyclic amines) is 1. The van der Waals surface area contributed by atoms with Crippen molar-refractivity contribution in [1.82, 2.24) is 4.90 Å². The Morgan fingerprint density at radius 2 is 2.23 bits per heavy atom. The maximum absolute atomic E-state index is 10.7. The molecule has 120 valence electrons. The molecule has 0 bridgehead atoms. The van der Waals surface area contributed by atoms with Crippen LogP contribution in [0.25, 0.3) is 10.8 Å². The molecule has 0 aliphatic carbocycles. The Hall–Kier alpha value is -1.36. The van der Waals surface area contributed by atoms with Crippen molar-refractivity contribution >= 4 is 10.8 Å². The van der Waals surface area contributed by atoms with Gasteiger partial charge < -0.3 is 15.3 Å². The zero-order chi connectivity index (χ0) is 15.7. The Bertz CT molecular complexity index is 652. The zero-order valence-electron chi connectivity index (χ0n) is 13.5. The molecule has 0 radical (unpaired) electrons. The average molecular weight is 302 g/mol. The number of furan rings is 1. The van der Waals surface area contributed by atoms with Gasteiger partial charge in [-0.15, -0.1) is 0 Å². The van der Waals surface area contributed by atoms with Crippen LogP contribution < -0.4 is 5.73 Å². The van der Waals surface area contributed by atoms with E-state index in [0.29, 0.717) is 13.1 Å². The van der Waals surface area contributed by atoms with E-state index >= 15 is 0 Å². The molecule has 0 spiro atoms. The van der Waals surface area contributed by atoms with Crippen LogP contribution in [0.15, 0.2) is 29.1 Å². The fourth-order valence-electron chi connectivity index (χ4n) is 3.65. The summed E-state index contributed by atoms with van der Waals surface area (Å²) in [4.78, 5) is 2.35. The first kappa shape index (κ1) is 15.5. The van der Waals surface area contributed by atoms with Crippen LogP contribution in [-0.4, -0.2) is 36.2 Å². The highest BCUT2D eigenvalue weighted by Crippen LogP contribution is 2.31. The summed E-state index contributed by atoms with van der Waals surface area (Å²) in [5, 5.41) is 12.9. The molecular formula is C18H26N2O2. The van der Waals surface area contributed by atoms with Gasteiger partial charge in [0.25, 0.3) is 0 Å². The molecule has 4 heteroatoms. The summed E-state index contributed by atoms with van der Waals surface area (Å²) in [5.41, 5.74) is 8.20. The Balaban J connectivity index is 1.75. The number of hydrogen-bond donors (Lipinski definition) is 2. The second kappa shape index (κ2) is 6.03. The van der Waals surface area contributed by atoms with E-state index in [9.17, 15) is 5.11 Å². The van der Waals surface area contributed by atoms with Gasteiger partial charge in [-0.25, -0.2) is 0 Å². The summed E-state index contributed by atoms with van der Waals surface area (Å²) in [7, 11) is 0. The second-order valence-corrected chi connectivity index (χ2v) is 7.02. The van der Waals surface area contributed by atoms with Gasteiger partial charge >= 0.3 is 0 Å². The third kappa shape index (κ3) is 2.91. The van der Waals surface area contributed by atoms with Crippen LogP contribution in [0, 0.1) is 12.3 Å². The number of β-amino-alcohol motifs (C(OH)–C–C–N with tert-alkyl or cyclic N) is 1. The summed E-state index contributed by atoms with van der Waals surface area (Å²) in [6.07, 6.45) is 5.36. The third-order valence-electron chi connectivity index (χ3n) is 5.11. The molecule has 2 aromatic rings. The zero-order valence-corrected chi connectivity index (χ0v) is 13.5. The average Bonchev–Trinajstić information content (AvgIpc) is 2.97. The van der Waals surface area contributed by atoms with E-state index in [4.69, 9.17) is 10.2 Å². The molecule has 1 aromatic heterocycles. The van der Waals surface area contributed by atoms with Crippen LogP contribution >= 0.6 is 0 Å². The molecule has 1 aliphatic rings. The largest absolute Gasteiger partial charge is 0.471 e. The first-order chi connectivity index (χ1) is 10.5. The lowest BCUT2D eigenvalue weighted by atomic mass is 9.82. The summed E-state index contributed by atoms with van der Waals surface area (Å²) < 4.78 is 5.27. The normalized spacial score (nSPS) is 24.7. The minimum atomic E-state index is -0.473. The number of aryl methyl sites for hydroxylation is 1. The van der Waals surface area contributed by atoms with E-state index in [-0.39, 0.29) is 5.41 Å². The Morgan fingerprint density at radius 1 is 1.41 bits per heavy atom. The van der Waals surface area contributed by atoms with Crippen molar-refractivity contribution in [2.45, 2.75) is 32.8 Å². The van der Waals surface area contributed by atoms with Gasteiger partial charge in [-0.3, -0.25) is 4.90 Å². The van der Waals surface area contributed by atoms with Crippen LogP contribution in [0.2, 0.25) is 0 Å². The summed E-state index contributed by atoms with van der Waals surface area (Å²) in [5.74, 6) is 0. The molecule has 1 aliphatic heterocycles. The van der Waals surface area contributed by atoms with Crippen molar-refractivity contribution in [3.8, 4) is 0 Å². The number of nitrogens with zero attached hydrogens (tertiary/aromatic N) is 1. The molecule has 1 unspecified atom stereocenters. The third-order valence-corrected chi connectivity index (χ3v) is 5.11. The molecular weight excluding hydrogens is 276 g/mol. The SMILES string of the molecule is Cc1c([C@@H](O)CN2CCCC(C)(CN)C2)ccc2cocc12. The minimum Gasteiger partial charge on any atom is -0.471 e. The second-order valence-electron chi connectivity index (χ2n) is 7.02. The Kier molecular flexibility index (Phi) is 4.26. The molecule has 4 nitrogen and oxygen atoms in total. The number of piperidine rings is 1. The lowest BCUT2D eigenvalue weighted by molar-refractivity contribution is 0.0556.